The second kappa shape index (κ2) is 8.52. The summed E-state index contributed by atoms with van der Waals surface area (Å²) in [7, 11) is 0. The number of halogens is 2. The second-order valence-corrected chi connectivity index (χ2v) is 7.01. The Kier molecular flexibility index (Phi) is 6.12. The molecule has 2 heterocycles. The number of carbonyl (C=O) groups excluding carboxylic acids is 2. The first kappa shape index (κ1) is 18.7. The van der Waals surface area contributed by atoms with Gasteiger partial charge in [-0.3, -0.25) is 14.6 Å². The number of nitrogens with zero attached hydrogens (tertiary/aromatic N) is 2. The summed E-state index contributed by atoms with van der Waals surface area (Å²) < 4.78 is 0. The molecule has 26 heavy (non-hydrogen) atoms. The van der Waals surface area contributed by atoms with Crippen LogP contribution in [0.3, 0.4) is 0 Å². The lowest BCUT2D eigenvalue weighted by Gasteiger charge is -2.20. The fourth-order valence-electron chi connectivity index (χ4n) is 2.93. The van der Waals surface area contributed by atoms with Gasteiger partial charge in [0.15, 0.2) is 0 Å². The molecule has 2 aromatic rings. The Morgan fingerprint density at radius 1 is 1.00 bits per heavy atom. The molecule has 1 saturated heterocycles. The molecule has 0 atom stereocenters. The predicted octanol–water partition coefficient (Wildman–Crippen LogP) is 4.66. The van der Waals surface area contributed by atoms with Crippen LogP contribution in [-0.4, -0.2) is 34.8 Å². The fourth-order valence-corrected chi connectivity index (χ4v) is 3.28. The van der Waals surface area contributed by atoms with Crippen molar-refractivity contribution in [1.82, 2.24) is 9.88 Å². The topological polar surface area (TPSA) is 62.3 Å². The van der Waals surface area contributed by atoms with Crippen molar-refractivity contribution in [2.24, 2.45) is 0 Å². The maximum Gasteiger partial charge on any atom is 0.257 e. The molecule has 1 fully saturated rings. The molecule has 2 amide bonds. The van der Waals surface area contributed by atoms with E-state index in [1.807, 2.05) is 4.90 Å². The molecule has 1 N–H and O–H groups in total. The molecule has 0 radical (unpaired) electrons. The molecule has 7 heteroatoms. The Bertz CT molecular complexity index is 818. The number of anilines is 1. The first-order valence-corrected chi connectivity index (χ1v) is 9.31. The van der Waals surface area contributed by atoms with Gasteiger partial charge in [-0.15, -0.1) is 0 Å². The highest BCUT2D eigenvalue weighted by molar-refractivity contribution is 6.44. The lowest BCUT2D eigenvalue weighted by molar-refractivity contribution is 0.0761. The van der Waals surface area contributed by atoms with Crippen molar-refractivity contribution >= 4 is 40.7 Å². The van der Waals surface area contributed by atoms with Gasteiger partial charge in [-0.05, 0) is 31.0 Å². The number of carbonyl (C=O) groups is 2. The molecule has 0 unspecified atom stereocenters. The van der Waals surface area contributed by atoms with Crippen molar-refractivity contribution in [2.75, 3.05) is 18.4 Å². The van der Waals surface area contributed by atoms with Crippen LogP contribution in [0.4, 0.5) is 5.69 Å². The summed E-state index contributed by atoms with van der Waals surface area (Å²) in [5, 5.41) is 3.33. The van der Waals surface area contributed by atoms with Gasteiger partial charge in [-0.25, -0.2) is 0 Å². The lowest BCUT2D eigenvalue weighted by atomic mass is 10.1. The van der Waals surface area contributed by atoms with Crippen LogP contribution < -0.4 is 5.32 Å². The van der Waals surface area contributed by atoms with Crippen molar-refractivity contribution < 1.29 is 9.59 Å². The highest BCUT2D eigenvalue weighted by atomic mass is 35.5. The molecule has 0 aliphatic carbocycles. The number of benzene rings is 1. The molecule has 1 aromatic carbocycles. The number of hydrogen-bond donors (Lipinski definition) is 1. The van der Waals surface area contributed by atoms with Crippen molar-refractivity contribution in [2.45, 2.75) is 25.7 Å². The van der Waals surface area contributed by atoms with Gasteiger partial charge in [0, 0.05) is 25.5 Å². The van der Waals surface area contributed by atoms with E-state index < -0.39 is 5.91 Å². The Hall–Kier alpha value is -2.11. The van der Waals surface area contributed by atoms with E-state index >= 15 is 0 Å². The van der Waals surface area contributed by atoms with Gasteiger partial charge in [0.1, 0.15) is 0 Å². The SMILES string of the molecule is O=C(Nc1cccc(Cl)c1Cl)c1cncc(C(=O)N2CCCCCC2)c1. The predicted molar refractivity (Wildman–Crippen MR) is 103 cm³/mol. The summed E-state index contributed by atoms with van der Waals surface area (Å²) in [4.78, 5) is 31.1. The minimum atomic E-state index is -0.396. The number of nitrogens with one attached hydrogen (secondary N) is 1. The smallest absolute Gasteiger partial charge is 0.257 e. The summed E-state index contributed by atoms with van der Waals surface area (Å²) in [6.45, 7) is 1.49. The van der Waals surface area contributed by atoms with E-state index in [4.69, 9.17) is 23.2 Å². The number of hydrogen-bond acceptors (Lipinski definition) is 3. The van der Waals surface area contributed by atoms with Crippen LogP contribution in [0.25, 0.3) is 0 Å². The number of amides is 2. The molecule has 0 saturated carbocycles. The molecule has 136 valence electrons. The molecular weight excluding hydrogens is 373 g/mol. The molecule has 0 bridgehead atoms. The molecule has 5 nitrogen and oxygen atoms in total. The van der Waals surface area contributed by atoms with E-state index in [2.05, 4.69) is 10.3 Å². The van der Waals surface area contributed by atoms with Gasteiger partial charge in [0.2, 0.25) is 0 Å². The lowest BCUT2D eigenvalue weighted by Crippen LogP contribution is -2.32. The summed E-state index contributed by atoms with van der Waals surface area (Å²) >= 11 is 12.1. The van der Waals surface area contributed by atoms with Crippen LogP contribution in [0.1, 0.15) is 46.4 Å². The van der Waals surface area contributed by atoms with E-state index in [1.165, 1.54) is 12.4 Å². The van der Waals surface area contributed by atoms with Crippen LogP contribution in [0.2, 0.25) is 10.0 Å². The van der Waals surface area contributed by atoms with Gasteiger partial charge < -0.3 is 10.2 Å². The Balaban J connectivity index is 1.76. The Morgan fingerprint density at radius 3 is 2.42 bits per heavy atom. The average Bonchev–Trinajstić information content (AvgIpc) is 2.94. The van der Waals surface area contributed by atoms with Gasteiger partial charge in [0.25, 0.3) is 11.8 Å². The zero-order valence-corrected chi connectivity index (χ0v) is 15.7. The zero-order chi connectivity index (χ0) is 18.5. The zero-order valence-electron chi connectivity index (χ0n) is 14.2. The Morgan fingerprint density at radius 2 is 1.69 bits per heavy atom. The molecule has 1 aliphatic rings. The standard InChI is InChI=1S/C19H19Cl2N3O2/c20-15-6-5-7-16(17(15)21)23-18(25)13-10-14(12-22-11-13)19(26)24-8-3-1-2-4-9-24/h5-7,10-12H,1-4,8-9H2,(H,23,25). The van der Waals surface area contributed by atoms with Crippen molar-refractivity contribution in [3.63, 3.8) is 0 Å². The summed E-state index contributed by atoms with van der Waals surface area (Å²) in [6.07, 6.45) is 7.22. The largest absolute Gasteiger partial charge is 0.339 e. The maximum atomic E-state index is 12.7. The summed E-state index contributed by atoms with van der Waals surface area (Å²) in [5.41, 5.74) is 1.12. The number of pyridine rings is 1. The first-order chi connectivity index (χ1) is 12.6. The molecular formula is C19H19Cl2N3O2. The third-order valence-corrected chi connectivity index (χ3v) is 5.16. The van der Waals surface area contributed by atoms with Crippen LogP contribution in [0, 0.1) is 0 Å². The van der Waals surface area contributed by atoms with Crippen LogP contribution in [0.5, 0.6) is 0 Å². The van der Waals surface area contributed by atoms with Gasteiger partial charge in [-0.1, -0.05) is 42.1 Å². The van der Waals surface area contributed by atoms with E-state index in [-0.39, 0.29) is 10.9 Å². The summed E-state index contributed by atoms with van der Waals surface area (Å²) in [6, 6.07) is 6.56. The average molecular weight is 392 g/mol. The van der Waals surface area contributed by atoms with Crippen LogP contribution in [0.15, 0.2) is 36.7 Å². The van der Waals surface area contributed by atoms with E-state index in [0.29, 0.717) is 21.8 Å². The van der Waals surface area contributed by atoms with Crippen molar-refractivity contribution in [1.29, 1.82) is 0 Å². The Labute approximate surface area is 162 Å². The molecule has 1 aliphatic heterocycles. The molecule has 0 spiro atoms. The minimum absolute atomic E-state index is 0.0881. The summed E-state index contributed by atoms with van der Waals surface area (Å²) in [5.74, 6) is -0.484. The number of likely N-dealkylation sites (tertiary alicyclic amines) is 1. The van der Waals surface area contributed by atoms with E-state index in [9.17, 15) is 9.59 Å². The van der Waals surface area contributed by atoms with Crippen LogP contribution >= 0.6 is 23.2 Å². The number of rotatable bonds is 3. The fraction of sp³-hybridized carbons (Fsp3) is 0.316. The van der Waals surface area contributed by atoms with E-state index in [0.717, 1.165) is 38.8 Å². The number of aromatic nitrogens is 1. The third-order valence-electron chi connectivity index (χ3n) is 4.34. The van der Waals surface area contributed by atoms with E-state index in [1.54, 1.807) is 24.3 Å². The van der Waals surface area contributed by atoms with Crippen molar-refractivity contribution in [3.05, 3.63) is 57.8 Å². The monoisotopic (exact) mass is 391 g/mol. The highest BCUT2D eigenvalue weighted by Gasteiger charge is 2.19. The first-order valence-electron chi connectivity index (χ1n) is 8.56. The third kappa shape index (κ3) is 4.34. The minimum Gasteiger partial charge on any atom is -0.339 e. The van der Waals surface area contributed by atoms with Crippen molar-refractivity contribution in [3.8, 4) is 0 Å². The second-order valence-electron chi connectivity index (χ2n) is 6.22. The van der Waals surface area contributed by atoms with Crippen LogP contribution in [-0.2, 0) is 0 Å². The maximum absolute atomic E-state index is 12.7. The normalized spacial score (nSPS) is 14.6. The van der Waals surface area contributed by atoms with Gasteiger partial charge >= 0.3 is 0 Å². The van der Waals surface area contributed by atoms with Gasteiger partial charge in [-0.2, -0.15) is 0 Å². The quantitative estimate of drug-likeness (QED) is 0.827. The molecule has 3 rings (SSSR count). The highest BCUT2D eigenvalue weighted by Crippen LogP contribution is 2.29. The van der Waals surface area contributed by atoms with Gasteiger partial charge in [0.05, 0.1) is 26.9 Å². The molecule has 1 aromatic heterocycles.